The number of fused-ring (bicyclic) bond motifs is 1. The van der Waals surface area contributed by atoms with Gasteiger partial charge in [0.1, 0.15) is 11.8 Å². The molecule has 3 aromatic rings. The molecule has 2 heterocycles. The van der Waals surface area contributed by atoms with Crippen molar-refractivity contribution in [2.75, 3.05) is 30.9 Å². The maximum absolute atomic E-state index is 14.3. The number of allylic oxidation sites excluding steroid dienone is 2. The number of rotatable bonds is 9. The first-order valence-electron chi connectivity index (χ1n) is 11.6. The Labute approximate surface area is 213 Å². The molecule has 1 amide bonds. The van der Waals surface area contributed by atoms with E-state index in [2.05, 4.69) is 20.8 Å². The van der Waals surface area contributed by atoms with Crippen molar-refractivity contribution in [2.45, 2.75) is 13.3 Å². The summed E-state index contributed by atoms with van der Waals surface area (Å²) in [4.78, 5) is 14.6. The number of anilines is 3. The van der Waals surface area contributed by atoms with E-state index in [-0.39, 0.29) is 17.4 Å². The minimum absolute atomic E-state index is 0.00713. The molecule has 2 aromatic carbocycles. The SMILES string of the molecule is CCOc1cc2nnc(C#N)c(Nc3ccc(OC)c(F)c3)c2cc1NC(=O)/C=C/CN1C=CCC=C1. The van der Waals surface area contributed by atoms with Gasteiger partial charge < -0.3 is 25.0 Å². The minimum Gasteiger partial charge on any atom is -0.494 e. The number of hydrogen-bond donors (Lipinski definition) is 2. The molecule has 10 heteroatoms. The lowest BCUT2D eigenvalue weighted by atomic mass is 10.1. The third-order valence-electron chi connectivity index (χ3n) is 5.40. The summed E-state index contributed by atoms with van der Waals surface area (Å²) in [5.41, 5.74) is 1.52. The van der Waals surface area contributed by atoms with Crippen LogP contribution in [0.25, 0.3) is 10.9 Å². The molecular weight excluding hydrogens is 475 g/mol. The van der Waals surface area contributed by atoms with Crippen LogP contribution in [0, 0.1) is 17.1 Å². The molecule has 9 nitrogen and oxygen atoms in total. The van der Waals surface area contributed by atoms with Crippen molar-refractivity contribution in [2.24, 2.45) is 0 Å². The molecular formula is C27H25FN6O3. The van der Waals surface area contributed by atoms with E-state index < -0.39 is 5.82 Å². The average molecular weight is 501 g/mol. The highest BCUT2D eigenvalue weighted by Gasteiger charge is 2.17. The summed E-state index contributed by atoms with van der Waals surface area (Å²) >= 11 is 0. The van der Waals surface area contributed by atoms with Crippen molar-refractivity contribution in [3.05, 3.63) is 78.5 Å². The Morgan fingerprint density at radius 1 is 1.22 bits per heavy atom. The maximum Gasteiger partial charge on any atom is 0.248 e. The topological polar surface area (TPSA) is 112 Å². The Morgan fingerprint density at radius 3 is 2.73 bits per heavy atom. The fourth-order valence-corrected chi connectivity index (χ4v) is 3.70. The largest absolute Gasteiger partial charge is 0.494 e. The van der Waals surface area contributed by atoms with Crippen molar-refractivity contribution in [3.63, 3.8) is 0 Å². The van der Waals surface area contributed by atoms with Gasteiger partial charge in [-0.3, -0.25) is 4.79 Å². The van der Waals surface area contributed by atoms with Gasteiger partial charge in [-0.15, -0.1) is 10.2 Å². The molecule has 0 bridgehead atoms. The standard InChI is InChI=1S/C27H25FN6O3/c1-3-37-25-16-21-19(15-22(25)31-26(35)8-7-13-34-11-5-4-6-12-34)27(23(17-29)33-32-21)30-18-9-10-24(36-2)20(28)14-18/h5-12,14-16H,3-4,13H2,1-2H3,(H,30,32)(H,31,35)/b8-7+. The van der Waals surface area contributed by atoms with Crippen molar-refractivity contribution in [1.82, 2.24) is 15.1 Å². The molecule has 0 saturated heterocycles. The number of carbonyl (C=O) groups is 1. The van der Waals surface area contributed by atoms with Gasteiger partial charge in [0.15, 0.2) is 17.3 Å². The zero-order chi connectivity index (χ0) is 26.2. The fraction of sp³-hybridized carbons (Fsp3) is 0.185. The van der Waals surface area contributed by atoms with Gasteiger partial charge in [0.2, 0.25) is 5.91 Å². The number of halogens is 1. The summed E-state index contributed by atoms with van der Waals surface area (Å²) in [6, 6.07) is 9.63. The molecule has 0 aliphatic carbocycles. The van der Waals surface area contributed by atoms with E-state index in [1.165, 1.54) is 25.3 Å². The molecule has 2 N–H and O–H groups in total. The van der Waals surface area contributed by atoms with Crippen LogP contribution in [-0.4, -0.2) is 41.3 Å². The van der Waals surface area contributed by atoms with E-state index in [1.54, 1.807) is 24.3 Å². The van der Waals surface area contributed by atoms with Gasteiger partial charge in [-0.2, -0.15) is 5.26 Å². The highest BCUT2D eigenvalue weighted by Crippen LogP contribution is 2.36. The number of carbonyl (C=O) groups excluding carboxylic acids is 1. The lowest BCUT2D eigenvalue weighted by Crippen LogP contribution is -2.13. The zero-order valence-corrected chi connectivity index (χ0v) is 20.4. The number of methoxy groups -OCH3 is 1. The lowest BCUT2D eigenvalue weighted by molar-refractivity contribution is -0.111. The molecule has 0 saturated carbocycles. The highest BCUT2D eigenvalue weighted by molar-refractivity contribution is 6.04. The summed E-state index contributed by atoms with van der Waals surface area (Å²) < 4.78 is 25.0. The second kappa shape index (κ2) is 11.7. The Hall–Kier alpha value is -4.91. The third kappa shape index (κ3) is 6.02. The quantitative estimate of drug-likeness (QED) is 0.394. The van der Waals surface area contributed by atoms with Crippen LogP contribution >= 0.6 is 0 Å². The van der Waals surface area contributed by atoms with E-state index in [4.69, 9.17) is 9.47 Å². The number of nitriles is 1. The normalized spacial score (nSPS) is 12.5. The Balaban J connectivity index is 1.66. The first kappa shape index (κ1) is 25.2. The van der Waals surface area contributed by atoms with Crippen LogP contribution in [0.3, 0.4) is 0 Å². The van der Waals surface area contributed by atoms with Crippen molar-refractivity contribution < 1.29 is 18.7 Å². The number of ether oxygens (including phenoxy) is 2. The third-order valence-corrected chi connectivity index (χ3v) is 5.40. The zero-order valence-electron chi connectivity index (χ0n) is 20.4. The van der Waals surface area contributed by atoms with Crippen molar-refractivity contribution >= 4 is 33.9 Å². The predicted octanol–water partition coefficient (Wildman–Crippen LogP) is 5.02. The first-order chi connectivity index (χ1) is 18.0. The van der Waals surface area contributed by atoms with Crippen LogP contribution < -0.4 is 20.1 Å². The van der Waals surface area contributed by atoms with Crippen LogP contribution in [0.15, 0.2) is 67.0 Å². The molecule has 37 heavy (non-hydrogen) atoms. The molecule has 0 atom stereocenters. The number of aromatic nitrogens is 2. The Bertz CT molecular complexity index is 1430. The molecule has 0 fully saturated rings. The lowest BCUT2D eigenvalue weighted by Gasteiger charge is -2.16. The van der Waals surface area contributed by atoms with E-state index in [9.17, 15) is 14.4 Å². The van der Waals surface area contributed by atoms with Crippen LogP contribution in [0.4, 0.5) is 21.5 Å². The van der Waals surface area contributed by atoms with E-state index in [0.717, 1.165) is 6.42 Å². The van der Waals surface area contributed by atoms with Crippen molar-refractivity contribution in [1.29, 1.82) is 5.26 Å². The van der Waals surface area contributed by atoms with Gasteiger partial charge in [-0.05, 0) is 31.5 Å². The highest BCUT2D eigenvalue weighted by atomic mass is 19.1. The molecule has 188 valence electrons. The van der Waals surface area contributed by atoms with E-state index >= 15 is 0 Å². The second-order valence-electron chi connectivity index (χ2n) is 7.90. The van der Waals surface area contributed by atoms with Gasteiger partial charge in [-0.25, -0.2) is 4.39 Å². The molecule has 0 radical (unpaired) electrons. The van der Waals surface area contributed by atoms with E-state index in [0.29, 0.717) is 46.9 Å². The summed E-state index contributed by atoms with van der Waals surface area (Å²) in [5.74, 6) is -0.416. The van der Waals surface area contributed by atoms with Gasteiger partial charge in [0, 0.05) is 48.2 Å². The predicted molar refractivity (Wildman–Crippen MR) is 139 cm³/mol. The van der Waals surface area contributed by atoms with Gasteiger partial charge >= 0.3 is 0 Å². The number of amides is 1. The number of benzene rings is 2. The summed E-state index contributed by atoms with van der Waals surface area (Å²) in [5, 5.41) is 24.2. The van der Waals surface area contributed by atoms with Gasteiger partial charge in [0.05, 0.1) is 30.6 Å². The first-order valence-corrected chi connectivity index (χ1v) is 11.6. The molecule has 4 rings (SSSR count). The number of hydrogen-bond acceptors (Lipinski definition) is 8. The Kier molecular flexibility index (Phi) is 7.95. The van der Waals surface area contributed by atoms with Crippen LogP contribution in [-0.2, 0) is 4.79 Å². The Morgan fingerprint density at radius 2 is 2.03 bits per heavy atom. The number of nitrogens with one attached hydrogen (secondary N) is 2. The van der Waals surface area contributed by atoms with E-state index in [1.807, 2.05) is 42.4 Å². The van der Waals surface area contributed by atoms with Gasteiger partial charge in [0.25, 0.3) is 0 Å². The molecule has 1 aliphatic heterocycles. The molecule has 1 aliphatic rings. The summed E-state index contributed by atoms with van der Waals surface area (Å²) in [6.07, 6.45) is 12.1. The molecule has 0 unspecified atom stereocenters. The maximum atomic E-state index is 14.3. The summed E-state index contributed by atoms with van der Waals surface area (Å²) in [7, 11) is 1.38. The smallest absolute Gasteiger partial charge is 0.248 e. The van der Waals surface area contributed by atoms with Gasteiger partial charge in [-0.1, -0.05) is 18.2 Å². The van der Waals surface area contributed by atoms with Crippen molar-refractivity contribution in [3.8, 4) is 17.6 Å². The monoisotopic (exact) mass is 500 g/mol. The van der Waals surface area contributed by atoms with Crippen LogP contribution in [0.1, 0.15) is 19.0 Å². The average Bonchev–Trinajstić information content (AvgIpc) is 2.90. The van der Waals surface area contributed by atoms with Crippen LogP contribution in [0.5, 0.6) is 11.5 Å². The second-order valence-corrected chi connectivity index (χ2v) is 7.90. The molecule has 0 spiro atoms. The summed E-state index contributed by atoms with van der Waals surface area (Å²) in [6.45, 7) is 2.73. The molecule has 1 aromatic heterocycles. The fourth-order valence-electron chi connectivity index (χ4n) is 3.70. The minimum atomic E-state index is -0.564. The van der Waals surface area contributed by atoms with Crippen LogP contribution in [0.2, 0.25) is 0 Å². The number of nitrogens with zero attached hydrogens (tertiary/aromatic N) is 4.